The highest BCUT2D eigenvalue weighted by atomic mass is 19.1. The normalized spacial score (nSPS) is 9.95. The maximum atomic E-state index is 12.9. The Labute approximate surface area is 111 Å². The van der Waals surface area contributed by atoms with Gasteiger partial charge in [-0.1, -0.05) is 24.3 Å². The van der Waals surface area contributed by atoms with E-state index in [0.717, 1.165) is 5.75 Å². The predicted octanol–water partition coefficient (Wildman–Crippen LogP) is 3.23. The van der Waals surface area contributed by atoms with Gasteiger partial charge in [-0.3, -0.25) is 4.79 Å². The van der Waals surface area contributed by atoms with Crippen molar-refractivity contribution in [2.45, 2.75) is 6.42 Å². The Bertz CT molecular complexity index is 543. The molecule has 1 amide bonds. The van der Waals surface area contributed by atoms with Gasteiger partial charge in [-0.25, -0.2) is 4.39 Å². The van der Waals surface area contributed by atoms with Crippen LogP contribution in [0, 0.1) is 5.82 Å². The Morgan fingerprint density at radius 2 is 1.89 bits per heavy atom. The quantitative estimate of drug-likeness (QED) is 0.895. The number of benzene rings is 2. The van der Waals surface area contributed by atoms with Crippen molar-refractivity contribution in [3.63, 3.8) is 0 Å². The van der Waals surface area contributed by atoms with Crippen molar-refractivity contribution in [2.24, 2.45) is 0 Å². The number of carbonyl (C=O) groups excluding carboxylic acids is 1. The van der Waals surface area contributed by atoms with E-state index in [1.807, 2.05) is 30.3 Å². The molecule has 0 radical (unpaired) electrons. The summed E-state index contributed by atoms with van der Waals surface area (Å²) in [7, 11) is 0. The number of nitrogens with one attached hydrogen (secondary N) is 1. The van der Waals surface area contributed by atoms with Crippen molar-refractivity contribution < 1.29 is 13.9 Å². The van der Waals surface area contributed by atoms with E-state index in [1.54, 1.807) is 12.1 Å². The van der Waals surface area contributed by atoms with Gasteiger partial charge in [0.25, 0.3) is 0 Å². The summed E-state index contributed by atoms with van der Waals surface area (Å²) >= 11 is 0. The van der Waals surface area contributed by atoms with Gasteiger partial charge < -0.3 is 10.1 Å². The zero-order valence-corrected chi connectivity index (χ0v) is 10.3. The van der Waals surface area contributed by atoms with Crippen LogP contribution < -0.4 is 10.1 Å². The molecule has 0 spiro atoms. The molecule has 1 N–H and O–H groups in total. The number of hydrogen-bond donors (Lipinski definition) is 1. The zero-order valence-electron chi connectivity index (χ0n) is 10.3. The fourth-order valence-electron chi connectivity index (χ4n) is 1.57. The molecule has 98 valence electrons. The maximum Gasteiger partial charge on any atom is 0.227 e. The van der Waals surface area contributed by atoms with E-state index in [-0.39, 0.29) is 24.8 Å². The lowest BCUT2D eigenvalue weighted by molar-refractivity contribution is -0.116. The fourth-order valence-corrected chi connectivity index (χ4v) is 1.57. The summed E-state index contributed by atoms with van der Waals surface area (Å²) in [5.74, 6) is 0.140. The third kappa shape index (κ3) is 4.43. The lowest BCUT2D eigenvalue weighted by Gasteiger charge is -2.07. The molecule has 19 heavy (non-hydrogen) atoms. The first kappa shape index (κ1) is 13.1. The largest absolute Gasteiger partial charge is 0.493 e. The molecule has 0 saturated carbocycles. The minimum Gasteiger partial charge on any atom is -0.493 e. The smallest absolute Gasteiger partial charge is 0.227 e. The van der Waals surface area contributed by atoms with Gasteiger partial charge in [-0.05, 0) is 30.3 Å². The molecule has 4 heteroatoms. The molecule has 0 heterocycles. The van der Waals surface area contributed by atoms with Crippen molar-refractivity contribution in [2.75, 3.05) is 11.9 Å². The molecule has 0 fully saturated rings. The highest BCUT2D eigenvalue weighted by Gasteiger charge is 2.03. The van der Waals surface area contributed by atoms with Gasteiger partial charge in [0.05, 0.1) is 13.0 Å². The molecule has 2 rings (SSSR count). The Hall–Kier alpha value is -2.36. The van der Waals surface area contributed by atoms with E-state index >= 15 is 0 Å². The maximum absolute atomic E-state index is 12.9. The zero-order chi connectivity index (χ0) is 13.5. The Morgan fingerprint density at radius 1 is 1.11 bits per heavy atom. The van der Waals surface area contributed by atoms with E-state index in [1.165, 1.54) is 12.1 Å². The molecule has 0 atom stereocenters. The van der Waals surface area contributed by atoms with Crippen LogP contribution in [0.4, 0.5) is 10.1 Å². The van der Waals surface area contributed by atoms with Crippen molar-refractivity contribution in [3.05, 3.63) is 60.4 Å². The van der Waals surface area contributed by atoms with Crippen LogP contribution >= 0.6 is 0 Å². The second-order valence-corrected chi connectivity index (χ2v) is 3.97. The third-order valence-corrected chi connectivity index (χ3v) is 2.45. The number of anilines is 1. The molecular weight excluding hydrogens is 245 g/mol. The fraction of sp³-hybridized carbons (Fsp3) is 0.133. The molecule has 0 aromatic heterocycles. The number of hydrogen-bond acceptors (Lipinski definition) is 2. The first-order valence-corrected chi connectivity index (χ1v) is 5.97. The molecule has 2 aromatic carbocycles. The van der Waals surface area contributed by atoms with Gasteiger partial charge >= 0.3 is 0 Å². The SMILES string of the molecule is O=C(CCOc1ccccc1)Nc1cccc(F)c1. The van der Waals surface area contributed by atoms with Crippen LogP contribution in [-0.2, 0) is 4.79 Å². The summed E-state index contributed by atoms with van der Waals surface area (Å²) in [6.07, 6.45) is 0.214. The van der Waals surface area contributed by atoms with Gasteiger partial charge in [0.1, 0.15) is 11.6 Å². The van der Waals surface area contributed by atoms with Crippen LogP contribution in [0.25, 0.3) is 0 Å². The summed E-state index contributed by atoms with van der Waals surface area (Å²) in [4.78, 5) is 11.6. The lowest BCUT2D eigenvalue weighted by atomic mass is 10.3. The van der Waals surface area contributed by atoms with Crippen LogP contribution in [0.1, 0.15) is 6.42 Å². The number of halogens is 1. The van der Waals surface area contributed by atoms with Crippen LogP contribution in [0.3, 0.4) is 0 Å². The summed E-state index contributed by atoms with van der Waals surface area (Å²) in [5, 5.41) is 2.61. The van der Waals surface area contributed by atoms with Gasteiger partial charge in [-0.2, -0.15) is 0 Å². The molecule has 0 unspecified atom stereocenters. The van der Waals surface area contributed by atoms with Gasteiger partial charge in [0.2, 0.25) is 5.91 Å². The highest BCUT2D eigenvalue weighted by molar-refractivity contribution is 5.90. The molecule has 0 aliphatic heterocycles. The van der Waals surface area contributed by atoms with Crippen LogP contribution in [-0.4, -0.2) is 12.5 Å². The van der Waals surface area contributed by atoms with E-state index < -0.39 is 0 Å². The van der Waals surface area contributed by atoms with Crippen molar-refractivity contribution in [1.82, 2.24) is 0 Å². The Kier molecular flexibility index (Phi) is 4.50. The molecule has 2 aromatic rings. The molecule has 0 bridgehead atoms. The van der Waals surface area contributed by atoms with Gasteiger partial charge in [0.15, 0.2) is 0 Å². The molecule has 0 saturated heterocycles. The van der Waals surface area contributed by atoms with Crippen LogP contribution in [0.15, 0.2) is 54.6 Å². The summed E-state index contributed by atoms with van der Waals surface area (Å²) in [6, 6.07) is 15.1. The third-order valence-electron chi connectivity index (χ3n) is 2.45. The van der Waals surface area contributed by atoms with Crippen LogP contribution in [0.2, 0.25) is 0 Å². The number of rotatable bonds is 5. The number of para-hydroxylation sites is 1. The van der Waals surface area contributed by atoms with E-state index in [9.17, 15) is 9.18 Å². The molecule has 3 nitrogen and oxygen atoms in total. The lowest BCUT2D eigenvalue weighted by Crippen LogP contribution is -2.15. The second-order valence-electron chi connectivity index (χ2n) is 3.97. The van der Waals surface area contributed by atoms with Crippen molar-refractivity contribution in [1.29, 1.82) is 0 Å². The highest BCUT2D eigenvalue weighted by Crippen LogP contribution is 2.10. The summed E-state index contributed by atoms with van der Waals surface area (Å²) in [6.45, 7) is 0.283. The van der Waals surface area contributed by atoms with E-state index in [0.29, 0.717) is 5.69 Å². The molecular formula is C15H14FNO2. The topological polar surface area (TPSA) is 38.3 Å². The van der Waals surface area contributed by atoms with Gasteiger partial charge in [-0.15, -0.1) is 0 Å². The summed E-state index contributed by atoms with van der Waals surface area (Å²) in [5.41, 5.74) is 0.449. The average molecular weight is 259 g/mol. The minimum absolute atomic E-state index is 0.207. The van der Waals surface area contributed by atoms with E-state index in [4.69, 9.17) is 4.74 Å². The average Bonchev–Trinajstić information content (AvgIpc) is 2.40. The molecule has 0 aliphatic carbocycles. The minimum atomic E-state index is -0.377. The van der Waals surface area contributed by atoms with Crippen LogP contribution in [0.5, 0.6) is 5.75 Å². The van der Waals surface area contributed by atoms with Gasteiger partial charge in [0, 0.05) is 5.69 Å². The molecule has 0 aliphatic rings. The first-order chi connectivity index (χ1) is 9.24. The predicted molar refractivity (Wildman–Crippen MR) is 71.6 cm³/mol. The van der Waals surface area contributed by atoms with Crippen molar-refractivity contribution in [3.8, 4) is 5.75 Å². The number of ether oxygens (including phenoxy) is 1. The van der Waals surface area contributed by atoms with E-state index in [2.05, 4.69) is 5.32 Å². The first-order valence-electron chi connectivity index (χ1n) is 5.97. The number of carbonyl (C=O) groups is 1. The number of amides is 1. The standard InChI is InChI=1S/C15H14FNO2/c16-12-5-4-6-13(11-12)17-15(18)9-10-19-14-7-2-1-3-8-14/h1-8,11H,9-10H2,(H,17,18). The second kappa shape index (κ2) is 6.54. The Balaban J connectivity index is 1.76. The summed E-state index contributed by atoms with van der Waals surface area (Å²) < 4.78 is 18.3. The Morgan fingerprint density at radius 3 is 2.63 bits per heavy atom. The monoisotopic (exact) mass is 259 g/mol. The van der Waals surface area contributed by atoms with Crippen molar-refractivity contribution >= 4 is 11.6 Å².